The SMILES string of the molecule is CCC1(CC)CN(Cc2cccc(Br)c2)C(C(C)C)CN1. The van der Waals surface area contributed by atoms with Gasteiger partial charge in [0, 0.05) is 35.7 Å². The van der Waals surface area contributed by atoms with Gasteiger partial charge in [0.1, 0.15) is 0 Å². The fourth-order valence-electron chi connectivity index (χ4n) is 3.44. The molecule has 118 valence electrons. The van der Waals surface area contributed by atoms with Crippen LogP contribution >= 0.6 is 15.9 Å². The van der Waals surface area contributed by atoms with Crippen molar-refractivity contribution < 1.29 is 0 Å². The quantitative estimate of drug-likeness (QED) is 0.842. The number of nitrogens with one attached hydrogen (secondary N) is 1. The van der Waals surface area contributed by atoms with Crippen LogP contribution in [0, 0.1) is 5.92 Å². The highest BCUT2D eigenvalue weighted by atomic mass is 79.9. The zero-order valence-electron chi connectivity index (χ0n) is 13.8. The van der Waals surface area contributed by atoms with E-state index in [2.05, 4.69) is 78.1 Å². The number of hydrogen-bond acceptors (Lipinski definition) is 2. The predicted octanol–water partition coefficient (Wildman–Crippen LogP) is 4.44. The maximum atomic E-state index is 3.84. The highest BCUT2D eigenvalue weighted by molar-refractivity contribution is 9.10. The van der Waals surface area contributed by atoms with Gasteiger partial charge in [-0.2, -0.15) is 0 Å². The minimum Gasteiger partial charge on any atom is -0.308 e. The highest BCUT2D eigenvalue weighted by Crippen LogP contribution is 2.27. The van der Waals surface area contributed by atoms with Crippen LogP contribution in [0.3, 0.4) is 0 Å². The standard InChI is InChI=1S/C18H29BrN2/c1-5-18(6-2)13-21(17(11-20-18)14(3)4)12-15-8-7-9-16(19)10-15/h7-10,14,17,20H,5-6,11-13H2,1-4H3. The first-order chi connectivity index (χ1) is 9.99. The molecule has 1 heterocycles. The van der Waals surface area contributed by atoms with Gasteiger partial charge in [-0.3, -0.25) is 4.90 Å². The largest absolute Gasteiger partial charge is 0.308 e. The van der Waals surface area contributed by atoms with Crippen LogP contribution in [0.2, 0.25) is 0 Å². The fourth-order valence-corrected chi connectivity index (χ4v) is 3.88. The van der Waals surface area contributed by atoms with E-state index < -0.39 is 0 Å². The molecule has 1 unspecified atom stereocenters. The molecule has 21 heavy (non-hydrogen) atoms. The lowest BCUT2D eigenvalue weighted by molar-refractivity contribution is 0.0443. The van der Waals surface area contributed by atoms with Crippen molar-refractivity contribution in [1.82, 2.24) is 10.2 Å². The van der Waals surface area contributed by atoms with Gasteiger partial charge in [0.25, 0.3) is 0 Å². The molecule has 0 radical (unpaired) electrons. The van der Waals surface area contributed by atoms with Crippen LogP contribution in [0.5, 0.6) is 0 Å². The first kappa shape index (κ1) is 17.0. The first-order valence-corrected chi connectivity index (χ1v) is 9.02. The summed E-state index contributed by atoms with van der Waals surface area (Å²) in [5.41, 5.74) is 1.69. The Bertz CT molecular complexity index is 454. The molecule has 1 fully saturated rings. The molecule has 0 amide bonds. The molecule has 2 nitrogen and oxygen atoms in total. The Morgan fingerprint density at radius 1 is 1.33 bits per heavy atom. The minimum atomic E-state index is 0.289. The Balaban J connectivity index is 2.18. The Morgan fingerprint density at radius 2 is 2.05 bits per heavy atom. The van der Waals surface area contributed by atoms with Crippen LogP contribution < -0.4 is 5.32 Å². The van der Waals surface area contributed by atoms with Gasteiger partial charge in [-0.1, -0.05) is 55.8 Å². The van der Waals surface area contributed by atoms with Gasteiger partial charge in [0.2, 0.25) is 0 Å². The van der Waals surface area contributed by atoms with E-state index in [4.69, 9.17) is 0 Å². The summed E-state index contributed by atoms with van der Waals surface area (Å²) in [7, 11) is 0. The second kappa shape index (κ2) is 7.26. The van der Waals surface area contributed by atoms with Crippen molar-refractivity contribution in [2.45, 2.75) is 58.7 Å². The van der Waals surface area contributed by atoms with Crippen molar-refractivity contribution in [1.29, 1.82) is 0 Å². The summed E-state index contributed by atoms with van der Waals surface area (Å²) >= 11 is 3.59. The Hall–Kier alpha value is -0.380. The molecule has 0 aliphatic carbocycles. The van der Waals surface area contributed by atoms with Crippen LogP contribution in [-0.4, -0.2) is 29.6 Å². The smallest absolute Gasteiger partial charge is 0.0304 e. The number of benzene rings is 1. The molecule has 0 bridgehead atoms. The number of halogens is 1. The van der Waals surface area contributed by atoms with Crippen LogP contribution in [0.15, 0.2) is 28.7 Å². The van der Waals surface area contributed by atoms with E-state index in [1.54, 1.807) is 0 Å². The third-order valence-electron chi connectivity index (χ3n) is 5.06. The van der Waals surface area contributed by atoms with Gasteiger partial charge >= 0.3 is 0 Å². The molecule has 3 heteroatoms. The molecule has 1 atom stereocenters. The monoisotopic (exact) mass is 352 g/mol. The molecule has 0 saturated carbocycles. The zero-order valence-corrected chi connectivity index (χ0v) is 15.4. The maximum Gasteiger partial charge on any atom is 0.0304 e. The van der Waals surface area contributed by atoms with Gasteiger partial charge in [0.05, 0.1) is 0 Å². The molecule has 1 N–H and O–H groups in total. The highest BCUT2D eigenvalue weighted by Gasteiger charge is 2.37. The lowest BCUT2D eigenvalue weighted by Crippen LogP contribution is -2.64. The average Bonchev–Trinajstić information content (AvgIpc) is 2.47. The number of nitrogens with zero attached hydrogens (tertiary/aromatic N) is 1. The summed E-state index contributed by atoms with van der Waals surface area (Å²) in [5, 5.41) is 3.84. The van der Waals surface area contributed by atoms with Crippen molar-refractivity contribution in [2.24, 2.45) is 5.92 Å². The van der Waals surface area contributed by atoms with Gasteiger partial charge in [-0.15, -0.1) is 0 Å². The van der Waals surface area contributed by atoms with Crippen LogP contribution in [0.4, 0.5) is 0 Å². The summed E-state index contributed by atoms with van der Waals surface area (Å²) in [4.78, 5) is 2.69. The molecule has 1 aliphatic heterocycles. The lowest BCUT2D eigenvalue weighted by atomic mass is 9.86. The summed E-state index contributed by atoms with van der Waals surface area (Å²) in [6.07, 6.45) is 2.40. The van der Waals surface area contributed by atoms with Gasteiger partial charge in [0.15, 0.2) is 0 Å². The molecule has 1 aromatic carbocycles. The first-order valence-electron chi connectivity index (χ1n) is 8.23. The third-order valence-corrected chi connectivity index (χ3v) is 5.55. The molecule has 0 aromatic heterocycles. The van der Waals surface area contributed by atoms with E-state index in [1.165, 1.54) is 22.9 Å². The third kappa shape index (κ3) is 4.08. The van der Waals surface area contributed by atoms with E-state index in [0.29, 0.717) is 12.0 Å². The molecule has 1 saturated heterocycles. The van der Waals surface area contributed by atoms with Crippen molar-refractivity contribution in [3.63, 3.8) is 0 Å². The van der Waals surface area contributed by atoms with Crippen LogP contribution in [0.1, 0.15) is 46.1 Å². The molecular weight excluding hydrogens is 324 g/mol. The van der Waals surface area contributed by atoms with Crippen molar-refractivity contribution in [2.75, 3.05) is 13.1 Å². The Kier molecular flexibility index (Phi) is 5.87. The topological polar surface area (TPSA) is 15.3 Å². The fraction of sp³-hybridized carbons (Fsp3) is 0.667. The van der Waals surface area contributed by atoms with Gasteiger partial charge in [-0.05, 0) is 36.5 Å². The number of hydrogen-bond donors (Lipinski definition) is 1. The molecule has 1 aromatic rings. The van der Waals surface area contributed by atoms with E-state index in [0.717, 1.165) is 19.6 Å². The van der Waals surface area contributed by atoms with E-state index in [1.807, 2.05) is 0 Å². The Labute approximate surface area is 138 Å². The van der Waals surface area contributed by atoms with Crippen LogP contribution in [-0.2, 0) is 6.54 Å². The number of rotatable bonds is 5. The Morgan fingerprint density at radius 3 is 2.62 bits per heavy atom. The van der Waals surface area contributed by atoms with Crippen molar-refractivity contribution in [3.05, 3.63) is 34.3 Å². The molecule has 0 spiro atoms. The second-order valence-corrected chi connectivity index (χ2v) is 7.63. The maximum absolute atomic E-state index is 3.84. The predicted molar refractivity (Wildman–Crippen MR) is 94.5 cm³/mol. The normalized spacial score (nSPS) is 22.7. The van der Waals surface area contributed by atoms with Crippen LogP contribution in [0.25, 0.3) is 0 Å². The molecular formula is C18H29BrN2. The molecule has 1 aliphatic rings. The van der Waals surface area contributed by atoms with E-state index in [9.17, 15) is 0 Å². The lowest BCUT2D eigenvalue weighted by Gasteiger charge is -2.49. The van der Waals surface area contributed by atoms with E-state index in [-0.39, 0.29) is 5.54 Å². The molecule has 2 rings (SSSR count). The van der Waals surface area contributed by atoms with E-state index >= 15 is 0 Å². The van der Waals surface area contributed by atoms with Crippen molar-refractivity contribution >= 4 is 15.9 Å². The average molecular weight is 353 g/mol. The summed E-state index contributed by atoms with van der Waals surface area (Å²) in [6.45, 7) is 12.6. The van der Waals surface area contributed by atoms with Gasteiger partial charge < -0.3 is 5.32 Å². The number of piperazine rings is 1. The van der Waals surface area contributed by atoms with Gasteiger partial charge in [-0.25, -0.2) is 0 Å². The summed E-state index contributed by atoms with van der Waals surface area (Å²) < 4.78 is 1.17. The minimum absolute atomic E-state index is 0.289. The van der Waals surface area contributed by atoms with Crippen molar-refractivity contribution in [3.8, 4) is 0 Å². The second-order valence-electron chi connectivity index (χ2n) is 6.71. The summed E-state index contributed by atoms with van der Waals surface area (Å²) in [6, 6.07) is 9.35. The zero-order chi connectivity index (χ0) is 15.5. The summed E-state index contributed by atoms with van der Waals surface area (Å²) in [5.74, 6) is 0.677.